The lowest BCUT2D eigenvalue weighted by atomic mass is 9.97. The van der Waals surface area contributed by atoms with Crippen molar-refractivity contribution in [3.8, 4) is 17.2 Å². The van der Waals surface area contributed by atoms with E-state index in [4.69, 9.17) is 14.2 Å². The number of rotatable bonds is 4. The summed E-state index contributed by atoms with van der Waals surface area (Å²) in [7, 11) is 1.65. The second-order valence-corrected chi connectivity index (χ2v) is 6.90. The first-order valence-electron chi connectivity index (χ1n) is 9.42. The molecule has 1 aliphatic heterocycles. The van der Waals surface area contributed by atoms with E-state index >= 15 is 0 Å². The van der Waals surface area contributed by atoms with Crippen molar-refractivity contribution in [2.24, 2.45) is 0 Å². The molecule has 0 radical (unpaired) electrons. The number of benzene rings is 3. The molecule has 0 saturated carbocycles. The van der Waals surface area contributed by atoms with Gasteiger partial charge in [-0.1, -0.05) is 24.3 Å². The molecule has 1 amide bonds. The third kappa shape index (κ3) is 3.74. The van der Waals surface area contributed by atoms with Gasteiger partial charge in [0.25, 0.3) is 0 Å². The third-order valence-electron chi connectivity index (χ3n) is 4.98. The standard InChI is InChI=1S/C23H23NO4/c1-15(16-4-5-18-13-20(26-2)8-6-17(18)12-16)23(25)24-19-7-9-21-22(14-19)28-11-3-10-27-21/h4-9,12-15H,3,10-11H2,1-2H3,(H,24,25)/t15-/m0/s1. The summed E-state index contributed by atoms with van der Waals surface area (Å²) in [6.45, 7) is 3.16. The van der Waals surface area contributed by atoms with Gasteiger partial charge < -0.3 is 19.5 Å². The number of fused-ring (bicyclic) bond motifs is 2. The van der Waals surface area contributed by atoms with Crippen LogP contribution in [0.1, 0.15) is 24.8 Å². The van der Waals surface area contributed by atoms with E-state index in [2.05, 4.69) is 5.32 Å². The van der Waals surface area contributed by atoms with Crippen LogP contribution in [0.25, 0.3) is 10.8 Å². The van der Waals surface area contributed by atoms with E-state index in [-0.39, 0.29) is 11.8 Å². The number of amides is 1. The van der Waals surface area contributed by atoms with Gasteiger partial charge in [0.15, 0.2) is 11.5 Å². The number of hydrogen-bond acceptors (Lipinski definition) is 4. The molecule has 1 atom stereocenters. The van der Waals surface area contributed by atoms with Crippen molar-refractivity contribution in [1.29, 1.82) is 0 Å². The van der Waals surface area contributed by atoms with Gasteiger partial charge in [-0.3, -0.25) is 4.79 Å². The number of anilines is 1. The molecule has 0 unspecified atom stereocenters. The first-order chi connectivity index (χ1) is 13.6. The summed E-state index contributed by atoms with van der Waals surface area (Å²) in [5, 5.41) is 5.14. The Morgan fingerprint density at radius 1 is 0.964 bits per heavy atom. The van der Waals surface area contributed by atoms with E-state index in [0.717, 1.165) is 28.5 Å². The summed E-state index contributed by atoms with van der Waals surface area (Å²) >= 11 is 0. The van der Waals surface area contributed by atoms with E-state index in [1.165, 1.54) is 0 Å². The van der Waals surface area contributed by atoms with Gasteiger partial charge in [-0.05, 0) is 47.5 Å². The van der Waals surface area contributed by atoms with Crippen LogP contribution >= 0.6 is 0 Å². The zero-order valence-electron chi connectivity index (χ0n) is 16.0. The highest BCUT2D eigenvalue weighted by Gasteiger charge is 2.17. The SMILES string of the molecule is COc1ccc2cc([C@H](C)C(=O)Nc3ccc4c(c3)OCCCO4)ccc2c1. The van der Waals surface area contributed by atoms with Crippen LogP contribution in [0.15, 0.2) is 54.6 Å². The summed E-state index contributed by atoms with van der Waals surface area (Å²) in [6, 6.07) is 17.5. The molecule has 5 heteroatoms. The van der Waals surface area contributed by atoms with Gasteiger partial charge in [0.05, 0.1) is 26.2 Å². The van der Waals surface area contributed by atoms with Gasteiger partial charge in [-0.2, -0.15) is 0 Å². The van der Waals surface area contributed by atoms with E-state index in [9.17, 15) is 4.79 Å². The van der Waals surface area contributed by atoms with Crippen LogP contribution in [0, 0.1) is 0 Å². The average Bonchev–Trinajstić information content (AvgIpc) is 2.97. The summed E-state index contributed by atoms with van der Waals surface area (Å²) < 4.78 is 16.6. The summed E-state index contributed by atoms with van der Waals surface area (Å²) in [6.07, 6.45) is 0.848. The van der Waals surface area contributed by atoms with E-state index < -0.39 is 0 Å². The molecule has 1 N–H and O–H groups in total. The lowest BCUT2D eigenvalue weighted by Gasteiger charge is -2.15. The highest BCUT2D eigenvalue weighted by atomic mass is 16.5. The fraction of sp³-hybridized carbons (Fsp3) is 0.261. The molecule has 144 valence electrons. The molecule has 28 heavy (non-hydrogen) atoms. The second kappa shape index (κ2) is 7.80. The molecule has 0 aromatic heterocycles. The summed E-state index contributed by atoms with van der Waals surface area (Å²) in [4.78, 5) is 12.8. The minimum absolute atomic E-state index is 0.0673. The molecule has 1 aliphatic rings. The first kappa shape index (κ1) is 18.2. The van der Waals surface area contributed by atoms with Crippen LogP contribution in [-0.4, -0.2) is 26.2 Å². The number of carbonyl (C=O) groups excluding carboxylic acids is 1. The molecule has 0 saturated heterocycles. The predicted molar refractivity (Wildman–Crippen MR) is 110 cm³/mol. The average molecular weight is 377 g/mol. The van der Waals surface area contributed by atoms with E-state index in [1.54, 1.807) is 7.11 Å². The normalized spacial score (nSPS) is 14.2. The van der Waals surface area contributed by atoms with Gasteiger partial charge in [0.2, 0.25) is 5.91 Å². The number of carbonyl (C=O) groups is 1. The van der Waals surface area contributed by atoms with E-state index in [0.29, 0.717) is 30.4 Å². The maximum absolute atomic E-state index is 12.8. The van der Waals surface area contributed by atoms with Crippen molar-refractivity contribution in [1.82, 2.24) is 0 Å². The van der Waals surface area contributed by atoms with Gasteiger partial charge in [-0.15, -0.1) is 0 Å². The molecule has 0 aliphatic carbocycles. The second-order valence-electron chi connectivity index (χ2n) is 6.90. The molecule has 1 heterocycles. The van der Waals surface area contributed by atoms with Crippen molar-refractivity contribution in [3.63, 3.8) is 0 Å². The fourth-order valence-electron chi connectivity index (χ4n) is 3.28. The van der Waals surface area contributed by atoms with Crippen LogP contribution in [0.3, 0.4) is 0 Å². The lowest BCUT2D eigenvalue weighted by molar-refractivity contribution is -0.117. The fourth-order valence-corrected chi connectivity index (χ4v) is 3.28. The smallest absolute Gasteiger partial charge is 0.231 e. The molecule has 4 rings (SSSR count). The summed E-state index contributed by atoms with van der Waals surface area (Å²) in [5.41, 5.74) is 1.66. The zero-order valence-corrected chi connectivity index (χ0v) is 16.0. The van der Waals surface area contributed by atoms with Crippen molar-refractivity contribution < 1.29 is 19.0 Å². The molecular weight excluding hydrogens is 354 g/mol. The minimum Gasteiger partial charge on any atom is -0.497 e. The van der Waals surface area contributed by atoms with Crippen LogP contribution in [0.2, 0.25) is 0 Å². The monoisotopic (exact) mass is 377 g/mol. The number of hydrogen-bond donors (Lipinski definition) is 1. The molecule has 5 nitrogen and oxygen atoms in total. The summed E-state index contributed by atoms with van der Waals surface area (Å²) in [5.74, 6) is 1.85. The third-order valence-corrected chi connectivity index (χ3v) is 4.98. The van der Waals surface area contributed by atoms with Crippen molar-refractivity contribution in [2.45, 2.75) is 19.3 Å². The van der Waals surface area contributed by atoms with Crippen LogP contribution in [0.4, 0.5) is 5.69 Å². The molecule has 0 spiro atoms. The maximum atomic E-state index is 12.8. The largest absolute Gasteiger partial charge is 0.497 e. The molecular formula is C23H23NO4. The van der Waals surface area contributed by atoms with Crippen LogP contribution < -0.4 is 19.5 Å². The first-order valence-corrected chi connectivity index (χ1v) is 9.42. The number of ether oxygens (including phenoxy) is 3. The van der Waals surface area contributed by atoms with Crippen molar-refractivity contribution in [3.05, 3.63) is 60.2 Å². The maximum Gasteiger partial charge on any atom is 0.231 e. The Hall–Kier alpha value is -3.21. The highest BCUT2D eigenvalue weighted by molar-refractivity contribution is 5.96. The highest BCUT2D eigenvalue weighted by Crippen LogP contribution is 2.33. The van der Waals surface area contributed by atoms with Gasteiger partial charge in [0, 0.05) is 18.2 Å². The predicted octanol–water partition coefficient (Wildman–Crippen LogP) is 4.75. The van der Waals surface area contributed by atoms with Crippen LogP contribution in [-0.2, 0) is 4.79 Å². The van der Waals surface area contributed by atoms with Crippen molar-refractivity contribution in [2.75, 3.05) is 25.6 Å². The number of nitrogens with one attached hydrogen (secondary N) is 1. The van der Waals surface area contributed by atoms with Gasteiger partial charge >= 0.3 is 0 Å². The lowest BCUT2D eigenvalue weighted by Crippen LogP contribution is -2.18. The Bertz CT molecular complexity index is 1010. The van der Waals surface area contributed by atoms with E-state index in [1.807, 2.05) is 61.5 Å². The minimum atomic E-state index is -0.289. The number of methoxy groups -OCH3 is 1. The Kier molecular flexibility index (Phi) is 5.06. The Morgan fingerprint density at radius 2 is 1.71 bits per heavy atom. The Labute approximate surface area is 164 Å². The molecule has 3 aromatic rings. The van der Waals surface area contributed by atoms with Gasteiger partial charge in [0.1, 0.15) is 5.75 Å². The molecule has 0 bridgehead atoms. The van der Waals surface area contributed by atoms with Crippen LogP contribution in [0.5, 0.6) is 17.2 Å². The molecule has 3 aromatic carbocycles. The Balaban J connectivity index is 1.51. The topological polar surface area (TPSA) is 56.8 Å². The van der Waals surface area contributed by atoms with Gasteiger partial charge in [-0.25, -0.2) is 0 Å². The Morgan fingerprint density at radius 3 is 2.54 bits per heavy atom. The van der Waals surface area contributed by atoms with Crippen molar-refractivity contribution >= 4 is 22.4 Å². The zero-order chi connectivity index (χ0) is 19.5. The molecule has 0 fully saturated rings. The quantitative estimate of drug-likeness (QED) is 0.713.